The fraction of sp³-hybridized carbons (Fsp3) is 0.769. The molecule has 0 radical (unpaired) electrons. The van der Waals surface area contributed by atoms with Crippen molar-refractivity contribution < 1.29 is 4.74 Å². The molecule has 17 heavy (non-hydrogen) atoms. The van der Waals surface area contributed by atoms with Crippen LogP contribution in [0.25, 0.3) is 0 Å². The van der Waals surface area contributed by atoms with E-state index < -0.39 is 0 Å². The molecule has 0 unspecified atom stereocenters. The van der Waals surface area contributed by atoms with Gasteiger partial charge in [-0.05, 0) is 18.9 Å². The molecule has 4 nitrogen and oxygen atoms in total. The van der Waals surface area contributed by atoms with E-state index in [0.29, 0.717) is 6.10 Å². The van der Waals surface area contributed by atoms with Crippen LogP contribution in [-0.4, -0.2) is 35.6 Å². The summed E-state index contributed by atoms with van der Waals surface area (Å²) in [5, 5.41) is 7.56. The lowest BCUT2D eigenvalue weighted by atomic mass is 10.3. The first-order valence-electron chi connectivity index (χ1n) is 6.65. The lowest BCUT2D eigenvalue weighted by Crippen LogP contribution is -2.24. The molecule has 1 saturated carbocycles. The third kappa shape index (κ3) is 4.13. The van der Waals surface area contributed by atoms with Crippen LogP contribution >= 0.6 is 0 Å². The van der Waals surface area contributed by atoms with Crippen LogP contribution in [-0.2, 0) is 18.2 Å². The number of ether oxygens (including phenoxy) is 1. The Morgan fingerprint density at radius 2 is 2.24 bits per heavy atom. The van der Waals surface area contributed by atoms with E-state index in [-0.39, 0.29) is 0 Å². The first-order valence-corrected chi connectivity index (χ1v) is 6.65. The van der Waals surface area contributed by atoms with Crippen molar-refractivity contribution >= 4 is 0 Å². The van der Waals surface area contributed by atoms with E-state index in [9.17, 15) is 0 Å². The maximum Gasteiger partial charge on any atom is 0.0594 e. The molecular weight excluding hydrogens is 214 g/mol. The molecule has 1 aliphatic rings. The Balaban J connectivity index is 1.47. The molecule has 1 fully saturated rings. The van der Waals surface area contributed by atoms with Crippen molar-refractivity contribution in [3.8, 4) is 0 Å². The van der Waals surface area contributed by atoms with Gasteiger partial charge in [-0.15, -0.1) is 0 Å². The minimum absolute atomic E-state index is 0.536. The highest BCUT2D eigenvalue weighted by Crippen LogP contribution is 2.20. The highest BCUT2D eigenvalue weighted by Gasteiger charge is 2.14. The van der Waals surface area contributed by atoms with Crippen LogP contribution < -0.4 is 5.32 Å². The zero-order valence-corrected chi connectivity index (χ0v) is 10.7. The first-order chi connectivity index (χ1) is 8.36. The van der Waals surface area contributed by atoms with Gasteiger partial charge in [-0.1, -0.05) is 12.8 Å². The fourth-order valence-electron chi connectivity index (χ4n) is 2.34. The molecule has 96 valence electrons. The summed E-state index contributed by atoms with van der Waals surface area (Å²) in [7, 11) is 1.98. The second kappa shape index (κ2) is 6.77. The van der Waals surface area contributed by atoms with E-state index in [1.165, 1.54) is 31.4 Å². The van der Waals surface area contributed by atoms with E-state index in [1.54, 1.807) is 0 Å². The SMILES string of the molecule is Cn1nccc1CCNCCOC1CCCC1. The van der Waals surface area contributed by atoms with Gasteiger partial charge in [-0.2, -0.15) is 5.10 Å². The van der Waals surface area contributed by atoms with Gasteiger partial charge in [0.15, 0.2) is 0 Å². The predicted molar refractivity (Wildman–Crippen MR) is 68.0 cm³/mol. The van der Waals surface area contributed by atoms with Crippen LogP contribution in [0.1, 0.15) is 31.4 Å². The maximum atomic E-state index is 5.78. The van der Waals surface area contributed by atoms with Crippen LogP contribution in [0, 0.1) is 0 Å². The summed E-state index contributed by atoms with van der Waals surface area (Å²) in [6, 6.07) is 2.07. The average Bonchev–Trinajstić information content (AvgIpc) is 2.95. The summed E-state index contributed by atoms with van der Waals surface area (Å²) < 4.78 is 7.71. The third-order valence-electron chi connectivity index (χ3n) is 3.41. The maximum absolute atomic E-state index is 5.78. The van der Waals surface area contributed by atoms with Gasteiger partial charge in [0.05, 0.1) is 12.7 Å². The van der Waals surface area contributed by atoms with E-state index in [4.69, 9.17) is 4.74 Å². The third-order valence-corrected chi connectivity index (χ3v) is 3.41. The summed E-state index contributed by atoms with van der Waals surface area (Å²) in [6.45, 7) is 2.79. The van der Waals surface area contributed by atoms with E-state index >= 15 is 0 Å². The van der Waals surface area contributed by atoms with Crippen LogP contribution in [0.4, 0.5) is 0 Å². The Bertz CT molecular complexity index is 318. The van der Waals surface area contributed by atoms with E-state index in [2.05, 4.69) is 16.5 Å². The second-order valence-electron chi connectivity index (χ2n) is 4.72. The topological polar surface area (TPSA) is 39.1 Å². The highest BCUT2D eigenvalue weighted by atomic mass is 16.5. The van der Waals surface area contributed by atoms with Gasteiger partial charge in [0.2, 0.25) is 0 Å². The van der Waals surface area contributed by atoms with Crippen LogP contribution in [0.5, 0.6) is 0 Å². The normalized spacial score (nSPS) is 16.8. The Morgan fingerprint density at radius 1 is 1.41 bits per heavy atom. The summed E-state index contributed by atoms with van der Waals surface area (Å²) in [5.74, 6) is 0. The molecule has 0 amide bonds. The summed E-state index contributed by atoms with van der Waals surface area (Å²) >= 11 is 0. The van der Waals surface area contributed by atoms with Crippen molar-refractivity contribution in [3.63, 3.8) is 0 Å². The Kier molecular flexibility index (Phi) is 5.01. The molecular formula is C13H23N3O. The van der Waals surface area contributed by atoms with E-state index in [1.807, 2.05) is 17.9 Å². The Labute approximate surface area is 103 Å². The molecule has 0 atom stereocenters. The lowest BCUT2D eigenvalue weighted by Gasteiger charge is -2.11. The monoisotopic (exact) mass is 237 g/mol. The number of hydrogen-bond acceptors (Lipinski definition) is 3. The largest absolute Gasteiger partial charge is 0.377 e. The van der Waals surface area contributed by atoms with Gasteiger partial charge >= 0.3 is 0 Å². The molecule has 0 aliphatic heterocycles. The Hall–Kier alpha value is -0.870. The first kappa shape index (κ1) is 12.6. The van der Waals surface area contributed by atoms with Crippen molar-refractivity contribution in [1.82, 2.24) is 15.1 Å². The summed E-state index contributed by atoms with van der Waals surface area (Å²) in [4.78, 5) is 0. The number of rotatable bonds is 7. The molecule has 0 bridgehead atoms. The second-order valence-corrected chi connectivity index (χ2v) is 4.72. The Morgan fingerprint density at radius 3 is 2.94 bits per heavy atom. The molecule has 1 N–H and O–H groups in total. The lowest BCUT2D eigenvalue weighted by molar-refractivity contribution is 0.0605. The zero-order valence-electron chi connectivity index (χ0n) is 10.7. The van der Waals surface area contributed by atoms with E-state index in [0.717, 1.165) is 26.1 Å². The van der Waals surface area contributed by atoms with Crippen molar-refractivity contribution in [3.05, 3.63) is 18.0 Å². The standard InChI is InChI=1S/C13H23N3O/c1-16-12(7-9-15-16)6-8-14-10-11-17-13-4-2-3-5-13/h7,9,13-14H,2-6,8,10-11H2,1H3. The number of aromatic nitrogens is 2. The van der Waals surface area contributed by atoms with Gasteiger partial charge in [0.25, 0.3) is 0 Å². The summed E-state index contributed by atoms with van der Waals surface area (Å²) in [5.41, 5.74) is 1.27. The van der Waals surface area contributed by atoms with Crippen molar-refractivity contribution in [2.75, 3.05) is 19.7 Å². The van der Waals surface area contributed by atoms with Crippen molar-refractivity contribution in [2.24, 2.45) is 7.05 Å². The van der Waals surface area contributed by atoms with Crippen molar-refractivity contribution in [1.29, 1.82) is 0 Å². The van der Waals surface area contributed by atoms with Crippen LogP contribution in [0.3, 0.4) is 0 Å². The number of nitrogens with one attached hydrogen (secondary N) is 1. The minimum atomic E-state index is 0.536. The van der Waals surface area contributed by atoms with Crippen LogP contribution in [0.2, 0.25) is 0 Å². The van der Waals surface area contributed by atoms with Crippen molar-refractivity contribution in [2.45, 2.75) is 38.2 Å². The van der Waals surface area contributed by atoms with Gasteiger partial charge in [-0.25, -0.2) is 0 Å². The molecule has 0 aromatic carbocycles. The fourth-order valence-corrected chi connectivity index (χ4v) is 2.34. The smallest absolute Gasteiger partial charge is 0.0594 e. The highest BCUT2D eigenvalue weighted by molar-refractivity contribution is 5.00. The predicted octanol–water partition coefficient (Wildman–Crippen LogP) is 1.51. The molecule has 1 aromatic rings. The average molecular weight is 237 g/mol. The zero-order chi connectivity index (χ0) is 11.9. The molecule has 4 heteroatoms. The number of aryl methyl sites for hydroxylation is 1. The summed E-state index contributed by atoms with van der Waals surface area (Å²) in [6.07, 6.45) is 8.62. The number of nitrogens with zero attached hydrogens (tertiary/aromatic N) is 2. The molecule has 1 aliphatic carbocycles. The minimum Gasteiger partial charge on any atom is -0.377 e. The van der Waals surface area contributed by atoms with Gasteiger partial charge < -0.3 is 10.1 Å². The molecule has 0 saturated heterocycles. The van der Waals surface area contributed by atoms with Gasteiger partial charge in [-0.3, -0.25) is 4.68 Å². The molecule has 2 rings (SSSR count). The quantitative estimate of drug-likeness (QED) is 0.731. The molecule has 1 heterocycles. The van der Waals surface area contributed by atoms with Gasteiger partial charge in [0, 0.05) is 38.4 Å². The molecule has 0 spiro atoms. The van der Waals surface area contributed by atoms with Gasteiger partial charge in [0.1, 0.15) is 0 Å². The van der Waals surface area contributed by atoms with Crippen LogP contribution in [0.15, 0.2) is 12.3 Å². The number of hydrogen-bond donors (Lipinski definition) is 1. The molecule has 1 aromatic heterocycles.